The summed E-state index contributed by atoms with van der Waals surface area (Å²) < 4.78 is 1.81. The first-order chi connectivity index (χ1) is 8.24. The minimum absolute atomic E-state index is 0.200. The third-order valence-electron chi connectivity index (χ3n) is 2.37. The minimum atomic E-state index is 0.200. The molecule has 3 aromatic rings. The molecule has 0 atom stereocenters. The number of hydrogen-bond donors (Lipinski definition) is 0. The Kier molecular flexibility index (Phi) is 2.46. The summed E-state index contributed by atoms with van der Waals surface area (Å²) in [4.78, 5) is 12.2. The van der Waals surface area contributed by atoms with Crippen molar-refractivity contribution >= 4 is 34.2 Å². The predicted octanol–water partition coefficient (Wildman–Crippen LogP) is 3.12. The van der Waals surface area contributed by atoms with E-state index in [1.54, 1.807) is 24.7 Å². The van der Waals surface area contributed by atoms with Gasteiger partial charge in [0.2, 0.25) is 5.28 Å². The highest BCUT2D eigenvalue weighted by molar-refractivity contribution is 6.31. The predicted molar refractivity (Wildman–Crippen MR) is 66.7 cm³/mol. The van der Waals surface area contributed by atoms with Gasteiger partial charge in [-0.25, -0.2) is 9.97 Å². The molecule has 2 heterocycles. The van der Waals surface area contributed by atoms with Gasteiger partial charge < -0.3 is 0 Å². The molecule has 0 saturated carbocycles. The molecule has 0 amide bonds. The molecule has 17 heavy (non-hydrogen) atoms. The minimum Gasteiger partial charge on any atom is -0.283 e. The van der Waals surface area contributed by atoms with Gasteiger partial charge in [0, 0.05) is 11.2 Å². The number of imidazole rings is 1. The highest BCUT2D eigenvalue weighted by Gasteiger charge is 2.06. The van der Waals surface area contributed by atoms with Gasteiger partial charge in [-0.2, -0.15) is 4.98 Å². The van der Waals surface area contributed by atoms with Crippen LogP contribution in [0, 0.1) is 0 Å². The van der Waals surface area contributed by atoms with Crippen LogP contribution in [-0.2, 0) is 0 Å². The Labute approximate surface area is 107 Å². The van der Waals surface area contributed by atoms with E-state index in [0.29, 0.717) is 10.8 Å². The third kappa shape index (κ3) is 1.85. The molecule has 0 spiro atoms. The molecular weight excluding hydrogens is 259 g/mol. The molecule has 0 N–H and O–H groups in total. The summed E-state index contributed by atoms with van der Waals surface area (Å²) in [6.07, 6.45) is 3.28. The fraction of sp³-hybridized carbons (Fsp3) is 0. The second-order valence-electron chi connectivity index (χ2n) is 3.43. The number of nitrogens with zero attached hydrogens (tertiary/aromatic N) is 4. The van der Waals surface area contributed by atoms with E-state index in [9.17, 15) is 0 Å². The van der Waals surface area contributed by atoms with E-state index in [4.69, 9.17) is 23.2 Å². The number of halogens is 2. The van der Waals surface area contributed by atoms with Crippen LogP contribution in [0.2, 0.25) is 10.3 Å². The fourth-order valence-electron chi connectivity index (χ4n) is 1.62. The van der Waals surface area contributed by atoms with Crippen molar-refractivity contribution in [2.75, 3.05) is 0 Å². The summed E-state index contributed by atoms with van der Waals surface area (Å²) in [7, 11) is 0. The maximum atomic E-state index is 5.97. The molecule has 0 radical (unpaired) electrons. The lowest BCUT2D eigenvalue weighted by Crippen LogP contribution is -1.96. The smallest absolute Gasteiger partial charge is 0.224 e. The average Bonchev–Trinajstić information content (AvgIpc) is 2.71. The summed E-state index contributed by atoms with van der Waals surface area (Å²) in [6, 6.07) is 7.25. The van der Waals surface area contributed by atoms with E-state index in [1.165, 1.54) is 0 Å². The standard InChI is InChI=1S/C11H6Cl2N4/c12-7-1-2-8-9(5-7)17(6-15-8)10-3-4-14-11(13)16-10/h1-6H. The molecule has 0 aliphatic heterocycles. The average molecular weight is 265 g/mol. The Balaban J connectivity index is 2.27. The Morgan fingerprint density at radius 1 is 1.06 bits per heavy atom. The maximum Gasteiger partial charge on any atom is 0.224 e. The van der Waals surface area contributed by atoms with Crippen LogP contribution in [0.4, 0.5) is 0 Å². The molecule has 0 saturated heterocycles. The Bertz CT molecular complexity index is 693. The molecule has 0 aliphatic carbocycles. The largest absolute Gasteiger partial charge is 0.283 e. The lowest BCUT2D eigenvalue weighted by Gasteiger charge is -2.02. The van der Waals surface area contributed by atoms with Crippen LogP contribution in [-0.4, -0.2) is 19.5 Å². The normalized spacial score (nSPS) is 10.9. The van der Waals surface area contributed by atoms with Crippen molar-refractivity contribution < 1.29 is 0 Å². The number of aromatic nitrogens is 4. The van der Waals surface area contributed by atoms with Crippen LogP contribution >= 0.6 is 23.2 Å². The lowest BCUT2D eigenvalue weighted by atomic mass is 10.3. The number of hydrogen-bond acceptors (Lipinski definition) is 3. The number of benzene rings is 1. The van der Waals surface area contributed by atoms with Gasteiger partial charge in [-0.15, -0.1) is 0 Å². The highest BCUT2D eigenvalue weighted by atomic mass is 35.5. The van der Waals surface area contributed by atoms with Gasteiger partial charge in [0.15, 0.2) is 0 Å². The molecular formula is C11H6Cl2N4. The van der Waals surface area contributed by atoms with E-state index < -0.39 is 0 Å². The fourth-order valence-corrected chi connectivity index (χ4v) is 1.93. The van der Waals surface area contributed by atoms with Crippen molar-refractivity contribution in [1.29, 1.82) is 0 Å². The second-order valence-corrected chi connectivity index (χ2v) is 4.21. The monoisotopic (exact) mass is 264 g/mol. The van der Waals surface area contributed by atoms with Gasteiger partial charge in [-0.05, 0) is 35.9 Å². The third-order valence-corrected chi connectivity index (χ3v) is 2.78. The zero-order chi connectivity index (χ0) is 11.8. The first kappa shape index (κ1) is 10.5. The SMILES string of the molecule is Clc1ccc2ncn(-c3ccnc(Cl)n3)c2c1. The lowest BCUT2D eigenvalue weighted by molar-refractivity contribution is 0.995. The summed E-state index contributed by atoms with van der Waals surface area (Å²) in [5.74, 6) is 0.662. The van der Waals surface area contributed by atoms with Gasteiger partial charge in [-0.3, -0.25) is 4.57 Å². The summed E-state index contributed by atoms with van der Waals surface area (Å²) in [5.41, 5.74) is 1.73. The van der Waals surface area contributed by atoms with Crippen LogP contribution in [0.3, 0.4) is 0 Å². The van der Waals surface area contributed by atoms with Gasteiger partial charge >= 0.3 is 0 Å². The molecule has 0 unspecified atom stereocenters. The van der Waals surface area contributed by atoms with Crippen LogP contribution < -0.4 is 0 Å². The Hall–Kier alpha value is -1.65. The highest BCUT2D eigenvalue weighted by Crippen LogP contribution is 2.21. The first-order valence-corrected chi connectivity index (χ1v) is 5.61. The van der Waals surface area contributed by atoms with E-state index >= 15 is 0 Å². The van der Waals surface area contributed by atoms with E-state index in [0.717, 1.165) is 11.0 Å². The van der Waals surface area contributed by atoms with E-state index in [-0.39, 0.29) is 5.28 Å². The van der Waals surface area contributed by atoms with Crippen molar-refractivity contribution in [2.24, 2.45) is 0 Å². The number of fused-ring (bicyclic) bond motifs is 1. The zero-order valence-electron chi connectivity index (χ0n) is 8.51. The second kappa shape index (κ2) is 3.98. The Morgan fingerprint density at radius 2 is 1.94 bits per heavy atom. The van der Waals surface area contributed by atoms with Crippen molar-refractivity contribution in [2.45, 2.75) is 0 Å². The van der Waals surface area contributed by atoms with Crippen molar-refractivity contribution in [3.63, 3.8) is 0 Å². The summed E-state index contributed by atoms with van der Waals surface area (Å²) in [6.45, 7) is 0. The van der Waals surface area contributed by atoms with Crippen LogP contribution in [0.1, 0.15) is 0 Å². The quantitative estimate of drug-likeness (QED) is 0.635. The maximum absolute atomic E-state index is 5.97. The topological polar surface area (TPSA) is 43.6 Å². The van der Waals surface area contributed by atoms with Crippen LogP contribution in [0.5, 0.6) is 0 Å². The molecule has 1 aromatic carbocycles. The summed E-state index contributed by atoms with van der Waals surface area (Å²) in [5, 5.41) is 0.853. The van der Waals surface area contributed by atoms with E-state index in [2.05, 4.69) is 15.0 Å². The molecule has 84 valence electrons. The molecule has 0 aliphatic rings. The van der Waals surface area contributed by atoms with Gasteiger partial charge in [-0.1, -0.05) is 11.6 Å². The van der Waals surface area contributed by atoms with Gasteiger partial charge in [0.1, 0.15) is 12.1 Å². The van der Waals surface area contributed by atoms with Crippen LogP contribution in [0.15, 0.2) is 36.8 Å². The van der Waals surface area contributed by atoms with Gasteiger partial charge in [0.05, 0.1) is 11.0 Å². The molecule has 3 rings (SSSR count). The van der Waals surface area contributed by atoms with Crippen LogP contribution in [0.25, 0.3) is 16.9 Å². The summed E-state index contributed by atoms with van der Waals surface area (Å²) >= 11 is 11.7. The first-order valence-electron chi connectivity index (χ1n) is 4.85. The molecule has 0 bridgehead atoms. The van der Waals surface area contributed by atoms with Crippen molar-refractivity contribution in [3.05, 3.63) is 47.1 Å². The molecule has 0 fully saturated rings. The molecule has 4 nitrogen and oxygen atoms in total. The molecule has 2 aromatic heterocycles. The van der Waals surface area contributed by atoms with Crippen molar-refractivity contribution in [1.82, 2.24) is 19.5 Å². The van der Waals surface area contributed by atoms with Gasteiger partial charge in [0.25, 0.3) is 0 Å². The number of rotatable bonds is 1. The Morgan fingerprint density at radius 3 is 2.76 bits per heavy atom. The molecule has 6 heteroatoms. The van der Waals surface area contributed by atoms with Crippen molar-refractivity contribution in [3.8, 4) is 5.82 Å². The van der Waals surface area contributed by atoms with E-state index in [1.807, 2.05) is 16.7 Å². The zero-order valence-corrected chi connectivity index (χ0v) is 10.0.